The highest BCUT2D eigenvalue weighted by Gasteiger charge is 2.34. The normalized spacial score (nSPS) is 48.0. The molecule has 0 heterocycles. The molecule has 0 amide bonds. The van der Waals surface area contributed by atoms with E-state index in [0.717, 1.165) is 0 Å². The molecule has 0 aromatic rings. The average molecular weight is 96.2 g/mol. The molecule has 2 atom stereocenters. The molecule has 0 N–H and O–H groups in total. The fraction of sp³-hybridized carbons (Fsp3) is 1.00. The molecule has 2 aliphatic carbocycles. The van der Waals surface area contributed by atoms with Crippen molar-refractivity contribution in [2.75, 3.05) is 0 Å². The first-order valence-corrected chi connectivity index (χ1v) is 3.47. The Labute approximate surface area is 44.9 Å². The molecule has 40 valence electrons. The van der Waals surface area contributed by atoms with Crippen LogP contribution in [-0.4, -0.2) is 0 Å². The zero-order valence-electron chi connectivity index (χ0n) is 4.69. The van der Waals surface area contributed by atoms with Crippen LogP contribution in [0.4, 0.5) is 0 Å². The van der Waals surface area contributed by atoms with E-state index in [4.69, 9.17) is 0 Å². The summed E-state index contributed by atoms with van der Waals surface area (Å²) in [6.45, 7) is 0. The van der Waals surface area contributed by atoms with Crippen molar-refractivity contribution in [1.29, 1.82) is 0 Å². The summed E-state index contributed by atoms with van der Waals surface area (Å²) in [6.07, 6.45) is 7.78. The Kier molecular flexibility index (Phi) is 0.697. The maximum Gasteiger partial charge on any atom is -0.0386 e. The van der Waals surface area contributed by atoms with Gasteiger partial charge in [0.15, 0.2) is 0 Å². The third-order valence-electron chi connectivity index (χ3n) is 2.72. The molecule has 0 aliphatic heterocycles. The predicted molar refractivity (Wildman–Crippen MR) is 30.1 cm³/mol. The minimum atomic E-state index is 1.19. The largest absolute Gasteiger partial charge is 0.0528 e. The first-order chi connectivity index (χ1) is 3.47. The van der Waals surface area contributed by atoms with Crippen molar-refractivity contribution in [3.05, 3.63) is 0 Å². The maximum absolute atomic E-state index is 1.56. The molecule has 0 radical (unpaired) electrons. The van der Waals surface area contributed by atoms with Gasteiger partial charge < -0.3 is 0 Å². The number of rotatable bonds is 0. The summed E-state index contributed by atoms with van der Waals surface area (Å²) < 4.78 is 0. The van der Waals surface area contributed by atoms with E-state index in [1.54, 1.807) is 25.7 Å². The Hall–Kier alpha value is 0. The minimum absolute atomic E-state index is 1.19. The summed E-state index contributed by atoms with van der Waals surface area (Å²) in [5, 5.41) is 0. The van der Waals surface area contributed by atoms with Gasteiger partial charge in [0, 0.05) is 0 Å². The van der Waals surface area contributed by atoms with Gasteiger partial charge >= 0.3 is 0 Å². The van der Waals surface area contributed by atoms with E-state index in [1.807, 2.05) is 0 Å². The predicted octanol–water partition coefficient (Wildman–Crippen LogP) is 2.20. The third kappa shape index (κ3) is 0.427. The molecule has 0 heteroatoms. The molecule has 0 aromatic carbocycles. The molecular weight excluding hydrogens is 84.1 g/mol. The molecule has 0 aromatic heterocycles. The summed E-state index contributed by atoms with van der Waals surface area (Å²) >= 11 is 0. The zero-order valence-corrected chi connectivity index (χ0v) is 4.69. The summed E-state index contributed by atoms with van der Waals surface area (Å²) in [6, 6.07) is 0. The van der Waals surface area contributed by atoms with Crippen LogP contribution in [0.5, 0.6) is 0 Å². The lowest BCUT2D eigenvalue weighted by molar-refractivity contribution is 0.219. The van der Waals surface area contributed by atoms with Crippen molar-refractivity contribution in [2.45, 2.75) is 32.1 Å². The highest BCUT2D eigenvalue weighted by molar-refractivity contribution is 4.85. The van der Waals surface area contributed by atoms with Crippen molar-refractivity contribution in [3.8, 4) is 0 Å². The first kappa shape index (κ1) is 3.94. The standard InChI is InChI=1S/C7H12/c1-2-6-4-5-7(6)3-1/h6-7H,1-5H2/t6-,7?/m0/s1. The Morgan fingerprint density at radius 2 is 1.29 bits per heavy atom. The van der Waals surface area contributed by atoms with Crippen LogP contribution in [0.3, 0.4) is 0 Å². The molecule has 7 heavy (non-hydrogen) atoms. The van der Waals surface area contributed by atoms with Crippen molar-refractivity contribution in [1.82, 2.24) is 0 Å². The topological polar surface area (TPSA) is 0 Å². The van der Waals surface area contributed by atoms with E-state index in [1.165, 1.54) is 18.3 Å². The Morgan fingerprint density at radius 3 is 1.57 bits per heavy atom. The minimum Gasteiger partial charge on any atom is -0.0528 e. The molecule has 2 fully saturated rings. The second kappa shape index (κ2) is 1.24. The van der Waals surface area contributed by atoms with E-state index in [9.17, 15) is 0 Å². The van der Waals surface area contributed by atoms with Crippen LogP contribution in [0, 0.1) is 11.8 Å². The molecule has 2 aliphatic rings. The Morgan fingerprint density at radius 1 is 0.714 bits per heavy atom. The van der Waals surface area contributed by atoms with Crippen LogP contribution in [0.1, 0.15) is 32.1 Å². The van der Waals surface area contributed by atoms with Crippen LogP contribution in [0.15, 0.2) is 0 Å². The summed E-state index contributed by atoms with van der Waals surface area (Å²) in [7, 11) is 0. The molecule has 2 rings (SSSR count). The second-order valence-electron chi connectivity index (χ2n) is 3.03. The third-order valence-corrected chi connectivity index (χ3v) is 2.72. The van der Waals surface area contributed by atoms with E-state index in [2.05, 4.69) is 0 Å². The van der Waals surface area contributed by atoms with Crippen LogP contribution in [-0.2, 0) is 0 Å². The summed E-state index contributed by atoms with van der Waals surface area (Å²) in [4.78, 5) is 0. The highest BCUT2D eigenvalue weighted by atomic mass is 14.4. The lowest BCUT2D eigenvalue weighted by Crippen LogP contribution is -2.18. The lowest BCUT2D eigenvalue weighted by atomic mass is 9.77. The molecule has 0 saturated heterocycles. The van der Waals surface area contributed by atoms with Gasteiger partial charge in [0.1, 0.15) is 0 Å². The smallest absolute Gasteiger partial charge is 0.0386 e. The van der Waals surface area contributed by atoms with Gasteiger partial charge in [-0.2, -0.15) is 0 Å². The van der Waals surface area contributed by atoms with Gasteiger partial charge in [-0.15, -0.1) is 0 Å². The van der Waals surface area contributed by atoms with E-state index < -0.39 is 0 Å². The summed E-state index contributed by atoms with van der Waals surface area (Å²) in [5.74, 6) is 2.39. The summed E-state index contributed by atoms with van der Waals surface area (Å²) in [5.41, 5.74) is 0. The molecule has 1 unspecified atom stereocenters. The van der Waals surface area contributed by atoms with Gasteiger partial charge in [-0.1, -0.05) is 19.3 Å². The SMILES string of the molecule is C1CC2CC[C@@H]2C1. The van der Waals surface area contributed by atoms with Crippen LogP contribution in [0.25, 0.3) is 0 Å². The second-order valence-corrected chi connectivity index (χ2v) is 3.03. The molecule has 0 spiro atoms. The van der Waals surface area contributed by atoms with Crippen molar-refractivity contribution in [3.63, 3.8) is 0 Å². The average Bonchev–Trinajstić information content (AvgIpc) is 1.85. The Bertz CT molecular complexity index is 66.1. The fourth-order valence-corrected chi connectivity index (χ4v) is 2.04. The van der Waals surface area contributed by atoms with E-state index in [0.29, 0.717) is 0 Å². The van der Waals surface area contributed by atoms with Gasteiger partial charge in [0.2, 0.25) is 0 Å². The van der Waals surface area contributed by atoms with E-state index >= 15 is 0 Å². The van der Waals surface area contributed by atoms with Gasteiger partial charge in [-0.25, -0.2) is 0 Å². The van der Waals surface area contributed by atoms with E-state index in [-0.39, 0.29) is 0 Å². The molecule has 2 saturated carbocycles. The highest BCUT2D eigenvalue weighted by Crippen LogP contribution is 2.46. The van der Waals surface area contributed by atoms with Crippen molar-refractivity contribution < 1.29 is 0 Å². The maximum atomic E-state index is 1.56. The van der Waals surface area contributed by atoms with Gasteiger partial charge in [0.25, 0.3) is 0 Å². The number of hydrogen-bond acceptors (Lipinski definition) is 0. The number of fused-ring (bicyclic) bond motifs is 1. The van der Waals surface area contributed by atoms with Gasteiger partial charge in [-0.05, 0) is 24.7 Å². The molecule has 0 nitrogen and oxygen atoms in total. The van der Waals surface area contributed by atoms with Crippen molar-refractivity contribution >= 4 is 0 Å². The molecular formula is C7H12. The fourth-order valence-electron chi connectivity index (χ4n) is 2.04. The quantitative estimate of drug-likeness (QED) is 0.433. The Balaban J connectivity index is 2.03. The zero-order chi connectivity index (χ0) is 4.69. The monoisotopic (exact) mass is 96.1 g/mol. The number of hydrogen-bond donors (Lipinski definition) is 0. The van der Waals surface area contributed by atoms with Crippen LogP contribution in [0.2, 0.25) is 0 Å². The van der Waals surface area contributed by atoms with Gasteiger partial charge in [-0.3, -0.25) is 0 Å². The molecule has 0 bridgehead atoms. The first-order valence-electron chi connectivity index (χ1n) is 3.47. The van der Waals surface area contributed by atoms with Crippen LogP contribution < -0.4 is 0 Å². The van der Waals surface area contributed by atoms with Crippen LogP contribution >= 0.6 is 0 Å². The van der Waals surface area contributed by atoms with Crippen molar-refractivity contribution in [2.24, 2.45) is 11.8 Å². The van der Waals surface area contributed by atoms with Gasteiger partial charge in [0.05, 0.1) is 0 Å². The lowest BCUT2D eigenvalue weighted by Gasteiger charge is -2.29.